The highest BCUT2D eigenvalue weighted by atomic mass is 35.5. The van der Waals surface area contributed by atoms with E-state index in [1.165, 1.54) is 11.1 Å². The van der Waals surface area contributed by atoms with E-state index in [-0.39, 0.29) is 0 Å². The van der Waals surface area contributed by atoms with E-state index >= 15 is 0 Å². The molecule has 0 aromatic heterocycles. The first-order chi connectivity index (χ1) is 13.2. The molecular formula is C24H17ClN2. The lowest BCUT2D eigenvalue weighted by Gasteiger charge is -2.25. The minimum atomic E-state index is 0.412. The van der Waals surface area contributed by atoms with Gasteiger partial charge in [0.25, 0.3) is 0 Å². The van der Waals surface area contributed by atoms with Crippen LogP contribution in [0.15, 0.2) is 78.9 Å². The van der Waals surface area contributed by atoms with Gasteiger partial charge in [0.1, 0.15) is 0 Å². The molecule has 4 N–H and O–H groups in total. The van der Waals surface area contributed by atoms with Gasteiger partial charge in [0, 0.05) is 5.56 Å². The van der Waals surface area contributed by atoms with Gasteiger partial charge in [-0.3, -0.25) is 0 Å². The average Bonchev–Trinajstić information content (AvgIpc) is 2.71. The first kappa shape index (κ1) is 16.0. The van der Waals surface area contributed by atoms with Crippen molar-refractivity contribution in [3.8, 4) is 44.5 Å². The lowest BCUT2D eigenvalue weighted by atomic mass is 9.80. The normalized spacial score (nSPS) is 11.4. The van der Waals surface area contributed by atoms with Crippen LogP contribution in [0.1, 0.15) is 0 Å². The Balaban J connectivity index is 2.04. The van der Waals surface area contributed by atoms with Crippen molar-refractivity contribution < 1.29 is 0 Å². The van der Waals surface area contributed by atoms with Crippen LogP contribution in [-0.4, -0.2) is 0 Å². The Morgan fingerprint density at radius 3 is 1.37 bits per heavy atom. The zero-order chi connectivity index (χ0) is 18.5. The van der Waals surface area contributed by atoms with Crippen LogP contribution in [0.5, 0.6) is 0 Å². The average molecular weight is 369 g/mol. The van der Waals surface area contributed by atoms with Crippen LogP contribution >= 0.6 is 11.6 Å². The molecule has 0 fully saturated rings. The van der Waals surface area contributed by atoms with Gasteiger partial charge in [0.05, 0.1) is 16.4 Å². The minimum Gasteiger partial charge on any atom is -0.397 e. The third-order valence-corrected chi connectivity index (χ3v) is 5.67. The molecule has 0 radical (unpaired) electrons. The lowest BCUT2D eigenvalue weighted by molar-refractivity contribution is 1.52. The van der Waals surface area contributed by atoms with Crippen molar-refractivity contribution in [1.29, 1.82) is 0 Å². The van der Waals surface area contributed by atoms with E-state index in [9.17, 15) is 0 Å². The van der Waals surface area contributed by atoms with Crippen molar-refractivity contribution in [1.82, 2.24) is 0 Å². The molecule has 1 aliphatic carbocycles. The fraction of sp³-hybridized carbons (Fsp3) is 0. The molecule has 4 aromatic carbocycles. The first-order valence-electron chi connectivity index (χ1n) is 8.83. The predicted octanol–water partition coefficient (Wildman–Crippen LogP) is 6.49. The number of nitrogens with two attached hydrogens (primary N) is 2. The van der Waals surface area contributed by atoms with Crippen LogP contribution in [0.4, 0.5) is 11.4 Å². The Morgan fingerprint density at radius 2 is 0.889 bits per heavy atom. The maximum absolute atomic E-state index is 6.50. The Labute approximate surface area is 163 Å². The summed E-state index contributed by atoms with van der Waals surface area (Å²) in [6, 6.07) is 27.1. The standard InChI is InChI=1S/C24H17ClN2/c25-23-21(26)13-20-18-11-4-3-9-16(18)14-7-1-2-8-15(14)17-10-5-6-12-19(17)22(20)24(23)27/h1-13H,26-27H2. The second kappa shape index (κ2) is 5.90. The van der Waals surface area contributed by atoms with E-state index in [1.54, 1.807) is 0 Å². The molecule has 0 saturated carbocycles. The van der Waals surface area contributed by atoms with Crippen molar-refractivity contribution >= 4 is 23.0 Å². The fourth-order valence-electron chi connectivity index (χ4n) is 4.05. The summed E-state index contributed by atoms with van der Waals surface area (Å²) in [6.45, 7) is 0. The molecule has 0 spiro atoms. The van der Waals surface area contributed by atoms with E-state index < -0.39 is 0 Å². The maximum Gasteiger partial charge on any atom is 0.0871 e. The minimum absolute atomic E-state index is 0.412. The molecular weight excluding hydrogens is 352 g/mol. The molecule has 0 amide bonds. The molecule has 0 atom stereocenters. The molecule has 0 aliphatic heterocycles. The molecule has 0 heterocycles. The van der Waals surface area contributed by atoms with E-state index in [2.05, 4.69) is 60.7 Å². The number of anilines is 2. The lowest BCUT2D eigenvalue weighted by Crippen LogP contribution is -2.02. The molecule has 0 bridgehead atoms. The number of nitrogen functional groups attached to an aromatic ring is 2. The van der Waals surface area contributed by atoms with Gasteiger partial charge in [-0.05, 0) is 45.0 Å². The van der Waals surface area contributed by atoms with Gasteiger partial charge in [-0.2, -0.15) is 0 Å². The van der Waals surface area contributed by atoms with Crippen LogP contribution in [0.25, 0.3) is 44.5 Å². The number of benzene rings is 4. The summed E-state index contributed by atoms with van der Waals surface area (Å²) >= 11 is 6.45. The number of rotatable bonds is 0. The molecule has 3 heteroatoms. The molecule has 4 aromatic rings. The van der Waals surface area contributed by atoms with E-state index in [1.807, 2.05) is 18.2 Å². The zero-order valence-corrected chi connectivity index (χ0v) is 15.3. The molecule has 0 unspecified atom stereocenters. The van der Waals surface area contributed by atoms with E-state index in [4.69, 9.17) is 23.1 Å². The second-order valence-electron chi connectivity index (χ2n) is 6.75. The van der Waals surface area contributed by atoms with E-state index in [0.717, 1.165) is 33.4 Å². The third kappa shape index (κ3) is 2.27. The summed E-state index contributed by atoms with van der Waals surface area (Å²) in [5, 5.41) is 0.412. The van der Waals surface area contributed by atoms with Gasteiger partial charge >= 0.3 is 0 Å². The van der Waals surface area contributed by atoms with Gasteiger partial charge in [-0.1, -0.05) is 84.4 Å². The summed E-state index contributed by atoms with van der Waals surface area (Å²) in [4.78, 5) is 0. The Bertz CT molecular complexity index is 1210. The fourth-order valence-corrected chi connectivity index (χ4v) is 4.19. The monoisotopic (exact) mass is 368 g/mol. The summed E-state index contributed by atoms with van der Waals surface area (Å²) in [7, 11) is 0. The molecule has 2 nitrogen and oxygen atoms in total. The van der Waals surface area contributed by atoms with Crippen LogP contribution in [-0.2, 0) is 0 Å². The van der Waals surface area contributed by atoms with Gasteiger partial charge in [0.2, 0.25) is 0 Å². The number of hydrogen-bond donors (Lipinski definition) is 2. The van der Waals surface area contributed by atoms with Crippen molar-refractivity contribution in [2.45, 2.75) is 0 Å². The van der Waals surface area contributed by atoms with Crippen molar-refractivity contribution in [3.63, 3.8) is 0 Å². The van der Waals surface area contributed by atoms with Crippen LogP contribution in [0.2, 0.25) is 5.02 Å². The Kier molecular flexibility index (Phi) is 3.49. The van der Waals surface area contributed by atoms with Crippen LogP contribution < -0.4 is 11.5 Å². The summed E-state index contributed by atoms with van der Waals surface area (Å²) < 4.78 is 0. The highest BCUT2D eigenvalue weighted by Crippen LogP contribution is 2.51. The molecule has 1 aliphatic rings. The summed E-state index contributed by atoms with van der Waals surface area (Å²) in [6.07, 6.45) is 0. The Morgan fingerprint density at radius 1 is 0.519 bits per heavy atom. The quantitative estimate of drug-likeness (QED) is 0.307. The smallest absolute Gasteiger partial charge is 0.0871 e. The molecule has 0 saturated heterocycles. The van der Waals surface area contributed by atoms with E-state index in [0.29, 0.717) is 16.4 Å². The number of fused-ring (bicyclic) bond motifs is 8. The second-order valence-corrected chi connectivity index (χ2v) is 7.13. The van der Waals surface area contributed by atoms with Crippen LogP contribution in [0, 0.1) is 0 Å². The van der Waals surface area contributed by atoms with Gasteiger partial charge in [-0.15, -0.1) is 0 Å². The third-order valence-electron chi connectivity index (χ3n) is 5.25. The predicted molar refractivity (Wildman–Crippen MR) is 116 cm³/mol. The summed E-state index contributed by atoms with van der Waals surface area (Å²) in [5.41, 5.74) is 22.5. The highest BCUT2D eigenvalue weighted by molar-refractivity contribution is 6.37. The molecule has 130 valence electrons. The number of halogens is 1. The highest BCUT2D eigenvalue weighted by Gasteiger charge is 2.24. The molecule has 27 heavy (non-hydrogen) atoms. The van der Waals surface area contributed by atoms with Crippen molar-refractivity contribution in [3.05, 3.63) is 83.9 Å². The topological polar surface area (TPSA) is 52.0 Å². The number of hydrogen-bond acceptors (Lipinski definition) is 2. The van der Waals surface area contributed by atoms with Gasteiger partial charge in [-0.25, -0.2) is 0 Å². The molecule has 5 rings (SSSR count). The van der Waals surface area contributed by atoms with Gasteiger partial charge in [0.15, 0.2) is 0 Å². The first-order valence-corrected chi connectivity index (χ1v) is 9.20. The zero-order valence-electron chi connectivity index (χ0n) is 14.5. The SMILES string of the molecule is Nc1cc2c(c(N)c1Cl)-c1ccccc1-c1ccccc1-c1ccccc1-2. The largest absolute Gasteiger partial charge is 0.397 e. The summed E-state index contributed by atoms with van der Waals surface area (Å²) in [5.74, 6) is 0. The Hall–Kier alpha value is -3.23. The van der Waals surface area contributed by atoms with Gasteiger partial charge < -0.3 is 11.5 Å². The van der Waals surface area contributed by atoms with Crippen LogP contribution in [0.3, 0.4) is 0 Å². The van der Waals surface area contributed by atoms with Crippen molar-refractivity contribution in [2.75, 3.05) is 11.5 Å². The van der Waals surface area contributed by atoms with Crippen molar-refractivity contribution in [2.24, 2.45) is 0 Å². The maximum atomic E-state index is 6.50.